The normalized spacial score (nSPS) is 15.7. The molecule has 0 aliphatic heterocycles. The summed E-state index contributed by atoms with van der Waals surface area (Å²) >= 11 is 0. The third kappa shape index (κ3) is 5.31. The van der Waals surface area contributed by atoms with Gasteiger partial charge in [0.05, 0.1) is 12.8 Å². The van der Waals surface area contributed by atoms with Crippen LogP contribution in [0.25, 0.3) is 0 Å². The molecule has 5 nitrogen and oxygen atoms in total. The summed E-state index contributed by atoms with van der Waals surface area (Å²) < 4.78 is 0. The van der Waals surface area contributed by atoms with E-state index in [2.05, 4.69) is 15.8 Å². The van der Waals surface area contributed by atoms with Gasteiger partial charge in [-0.3, -0.25) is 9.59 Å². The van der Waals surface area contributed by atoms with E-state index in [0.29, 0.717) is 0 Å². The van der Waals surface area contributed by atoms with Gasteiger partial charge in [-0.05, 0) is 25.3 Å². The van der Waals surface area contributed by atoms with Crippen molar-refractivity contribution in [2.75, 3.05) is 6.54 Å². The van der Waals surface area contributed by atoms with Gasteiger partial charge in [-0.15, -0.1) is 0 Å². The molecule has 5 heteroatoms. The predicted molar refractivity (Wildman–Crippen MR) is 86.5 cm³/mol. The molecule has 2 N–H and O–H groups in total. The number of rotatable bonds is 5. The quantitative estimate of drug-likeness (QED) is 0.646. The molecule has 1 aliphatic carbocycles. The number of nitrogens with zero attached hydrogens (tertiary/aromatic N) is 1. The van der Waals surface area contributed by atoms with Crippen molar-refractivity contribution in [2.45, 2.75) is 39.0 Å². The number of hydrogen-bond acceptors (Lipinski definition) is 3. The summed E-state index contributed by atoms with van der Waals surface area (Å²) in [7, 11) is 0. The summed E-state index contributed by atoms with van der Waals surface area (Å²) in [6.45, 7) is 1.97. The Morgan fingerprint density at radius 1 is 1.27 bits per heavy atom. The van der Waals surface area contributed by atoms with E-state index < -0.39 is 0 Å². The van der Waals surface area contributed by atoms with Gasteiger partial charge >= 0.3 is 0 Å². The summed E-state index contributed by atoms with van der Waals surface area (Å²) in [5.41, 5.74) is 4.48. The molecule has 0 unspecified atom stereocenters. The number of benzene rings is 1. The first-order valence-corrected chi connectivity index (χ1v) is 7.81. The van der Waals surface area contributed by atoms with E-state index in [1.54, 1.807) is 6.21 Å². The van der Waals surface area contributed by atoms with Crippen LogP contribution in [0.2, 0.25) is 0 Å². The second-order valence-corrected chi connectivity index (χ2v) is 5.76. The Bertz CT molecular complexity index is 549. The maximum Gasteiger partial charge on any atom is 0.259 e. The Balaban J connectivity index is 1.70. The van der Waals surface area contributed by atoms with Crippen LogP contribution in [0.5, 0.6) is 0 Å². The van der Waals surface area contributed by atoms with Crippen molar-refractivity contribution >= 4 is 18.0 Å². The van der Waals surface area contributed by atoms with Gasteiger partial charge in [0, 0.05) is 5.92 Å². The Morgan fingerprint density at radius 3 is 2.77 bits per heavy atom. The Labute approximate surface area is 131 Å². The summed E-state index contributed by atoms with van der Waals surface area (Å²) in [4.78, 5) is 23.6. The molecule has 1 aromatic rings. The van der Waals surface area contributed by atoms with Crippen LogP contribution in [0.4, 0.5) is 0 Å². The van der Waals surface area contributed by atoms with Crippen molar-refractivity contribution < 1.29 is 9.59 Å². The molecule has 0 spiro atoms. The average molecular weight is 301 g/mol. The molecule has 22 heavy (non-hydrogen) atoms. The van der Waals surface area contributed by atoms with Gasteiger partial charge in [0.15, 0.2) is 0 Å². The van der Waals surface area contributed by atoms with Crippen LogP contribution in [0, 0.1) is 12.8 Å². The largest absolute Gasteiger partial charge is 0.347 e. The topological polar surface area (TPSA) is 70.6 Å². The first-order valence-electron chi connectivity index (χ1n) is 7.81. The molecule has 0 aromatic heterocycles. The van der Waals surface area contributed by atoms with Crippen molar-refractivity contribution in [2.24, 2.45) is 11.0 Å². The lowest BCUT2D eigenvalue weighted by Gasteiger charge is -2.20. The highest BCUT2D eigenvalue weighted by Crippen LogP contribution is 2.23. The van der Waals surface area contributed by atoms with Crippen LogP contribution in [0.1, 0.15) is 43.2 Å². The van der Waals surface area contributed by atoms with Gasteiger partial charge in [0.1, 0.15) is 0 Å². The van der Waals surface area contributed by atoms with Gasteiger partial charge in [0.25, 0.3) is 5.91 Å². The van der Waals surface area contributed by atoms with Crippen LogP contribution in [0.15, 0.2) is 29.4 Å². The van der Waals surface area contributed by atoms with Gasteiger partial charge in [0.2, 0.25) is 5.91 Å². The van der Waals surface area contributed by atoms with E-state index in [4.69, 9.17) is 0 Å². The van der Waals surface area contributed by atoms with Crippen molar-refractivity contribution in [1.82, 2.24) is 10.7 Å². The molecular weight excluding hydrogens is 278 g/mol. The van der Waals surface area contributed by atoms with Crippen molar-refractivity contribution in [3.05, 3.63) is 35.4 Å². The smallest absolute Gasteiger partial charge is 0.259 e. The summed E-state index contributed by atoms with van der Waals surface area (Å²) in [6, 6.07) is 7.81. The number of aryl methyl sites for hydroxylation is 1. The van der Waals surface area contributed by atoms with Crippen molar-refractivity contribution in [3.8, 4) is 0 Å². The van der Waals surface area contributed by atoms with E-state index in [1.165, 1.54) is 6.42 Å². The second-order valence-electron chi connectivity index (χ2n) is 5.76. The molecule has 118 valence electrons. The standard InChI is InChI=1S/C17H23N3O2/c1-13-6-5-7-14(10-13)11-19-20-16(21)12-18-17(22)15-8-3-2-4-9-15/h5-7,10-11,15H,2-4,8-9,12H2,1H3,(H,18,22)(H,20,21)/b19-11+. The second kappa shape index (κ2) is 8.32. The minimum atomic E-state index is -0.312. The highest BCUT2D eigenvalue weighted by Gasteiger charge is 2.21. The van der Waals surface area contributed by atoms with Crippen LogP contribution in [0.3, 0.4) is 0 Å². The van der Waals surface area contributed by atoms with Gasteiger partial charge in [-0.1, -0.05) is 49.1 Å². The number of carbonyl (C=O) groups is 2. The summed E-state index contributed by atoms with van der Waals surface area (Å²) in [5.74, 6) is -0.261. The molecule has 0 heterocycles. The number of amides is 2. The molecule has 1 aliphatic rings. The zero-order chi connectivity index (χ0) is 15.8. The Morgan fingerprint density at radius 2 is 2.05 bits per heavy atom. The summed E-state index contributed by atoms with van der Waals surface area (Å²) in [6.07, 6.45) is 6.86. The van der Waals surface area contributed by atoms with E-state index in [-0.39, 0.29) is 24.3 Å². The molecule has 1 saturated carbocycles. The highest BCUT2D eigenvalue weighted by atomic mass is 16.2. The summed E-state index contributed by atoms with van der Waals surface area (Å²) in [5, 5.41) is 6.58. The third-order valence-electron chi connectivity index (χ3n) is 3.84. The fraction of sp³-hybridized carbons (Fsp3) is 0.471. The number of carbonyl (C=O) groups excluding carboxylic acids is 2. The SMILES string of the molecule is Cc1cccc(/C=N/NC(=O)CNC(=O)C2CCCCC2)c1. The van der Waals surface area contributed by atoms with E-state index >= 15 is 0 Å². The fourth-order valence-electron chi connectivity index (χ4n) is 2.65. The van der Waals surface area contributed by atoms with Gasteiger partial charge < -0.3 is 5.32 Å². The average Bonchev–Trinajstić information content (AvgIpc) is 2.53. The van der Waals surface area contributed by atoms with Gasteiger partial charge in [-0.2, -0.15) is 5.10 Å². The molecule has 0 radical (unpaired) electrons. The van der Waals surface area contributed by atoms with Crippen LogP contribution in [-0.4, -0.2) is 24.6 Å². The van der Waals surface area contributed by atoms with E-state index in [0.717, 1.165) is 36.8 Å². The highest BCUT2D eigenvalue weighted by molar-refractivity contribution is 5.87. The monoisotopic (exact) mass is 301 g/mol. The minimum absolute atomic E-state index is 0.0162. The molecule has 2 amide bonds. The first kappa shape index (κ1) is 16.2. The Hall–Kier alpha value is -2.17. The zero-order valence-corrected chi connectivity index (χ0v) is 13.0. The fourth-order valence-corrected chi connectivity index (χ4v) is 2.65. The molecule has 2 rings (SSSR count). The zero-order valence-electron chi connectivity index (χ0n) is 13.0. The number of nitrogens with one attached hydrogen (secondary N) is 2. The maximum atomic E-state index is 11.9. The number of hydrazone groups is 1. The van der Waals surface area contributed by atoms with Gasteiger partial charge in [-0.25, -0.2) is 5.43 Å². The van der Waals surface area contributed by atoms with E-state index in [9.17, 15) is 9.59 Å². The predicted octanol–water partition coefficient (Wildman–Crippen LogP) is 2.14. The maximum absolute atomic E-state index is 11.9. The van der Waals surface area contributed by atoms with Crippen molar-refractivity contribution in [1.29, 1.82) is 0 Å². The Kier molecular flexibility index (Phi) is 6.13. The molecule has 1 aromatic carbocycles. The molecule has 0 saturated heterocycles. The van der Waals surface area contributed by atoms with E-state index in [1.807, 2.05) is 31.2 Å². The molecule has 0 bridgehead atoms. The lowest BCUT2D eigenvalue weighted by atomic mass is 9.89. The molecule has 1 fully saturated rings. The van der Waals surface area contributed by atoms with Crippen molar-refractivity contribution in [3.63, 3.8) is 0 Å². The first-order chi connectivity index (χ1) is 10.6. The lowest BCUT2D eigenvalue weighted by Crippen LogP contribution is -2.38. The van der Waals surface area contributed by atoms with Crippen LogP contribution >= 0.6 is 0 Å². The van der Waals surface area contributed by atoms with Crippen LogP contribution in [-0.2, 0) is 9.59 Å². The third-order valence-corrected chi connectivity index (χ3v) is 3.84. The minimum Gasteiger partial charge on any atom is -0.347 e. The molecule has 0 atom stereocenters. The number of hydrogen-bond donors (Lipinski definition) is 2. The molecular formula is C17H23N3O2. The van der Waals surface area contributed by atoms with Crippen LogP contribution < -0.4 is 10.7 Å². The lowest BCUT2D eigenvalue weighted by molar-refractivity contribution is -0.129.